The van der Waals surface area contributed by atoms with Crippen LogP contribution in [0.25, 0.3) is 11.1 Å². The Kier molecular flexibility index (Phi) is 6.31. The van der Waals surface area contributed by atoms with E-state index >= 15 is 0 Å². The van der Waals surface area contributed by atoms with E-state index < -0.39 is 24.2 Å². The Morgan fingerprint density at radius 1 is 1.07 bits per heavy atom. The number of hydrogen-bond acceptors (Lipinski definition) is 4. The molecule has 0 heterocycles. The number of ether oxygens (including phenoxy) is 2. The predicted molar refractivity (Wildman–Crippen MR) is 105 cm³/mol. The standard InChI is InChI=1S/C22H25NO5/c1-3-12-27-14(2)20(21(24)25)23-22(26)28-13-19-17-10-6-4-8-15(17)16-9-5-7-11-18(16)19/h4-11,14,19-20H,3,12-13H2,1-2H3,(H,23,26)(H,24,25)/t14-,20-/m0/s1. The van der Waals surface area contributed by atoms with Gasteiger partial charge in [0.05, 0.1) is 6.10 Å². The van der Waals surface area contributed by atoms with E-state index in [9.17, 15) is 14.7 Å². The van der Waals surface area contributed by atoms with Gasteiger partial charge in [-0.25, -0.2) is 9.59 Å². The van der Waals surface area contributed by atoms with Crippen molar-refractivity contribution < 1.29 is 24.2 Å². The largest absolute Gasteiger partial charge is 0.480 e. The first-order chi connectivity index (χ1) is 13.5. The minimum absolute atomic E-state index is 0.0739. The molecule has 0 unspecified atom stereocenters. The molecule has 6 nitrogen and oxygen atoms in total. The fourth-order valence-electron chi connectivity index (χ4n) is 3.55. The van der Waals surface area contributed by atoms with Gasteiger partial charge in [0.15, 0.2) is 6.04 Å². The molecule has 1 amide bonds. The number of fused-ring (bicyclic) bond motifs is 3. The Morgan fingerprint density at radius 2 is 1.64 bits per heavy atom. The zero-order chi connectivity index (χ0) is 20.1. The molecule has 1 aliphatic carbocycles. The van der Waals surface area contributed by atoms with Gasteiger partial charge in [-0.3, -0.25) is 0 Å². The lowest BCUT2D eigenvalue weighted by atomic mass is 9.98. The molecule has 28 heavy (non-hydrogen) atoms. The molecule has 0 aliphatic heterocycles. The second-order valence-corrected chi connectivity index (χ2v) is 6.86. The molecule has 6 heteroatoms. The molecule has 0 radical (unpaired) electrons. The fraction of sp³-hybridized carbons (Fsp3) is 0.364. The predicted octanol–water partition coefficient (Wildman–Crippen LogP) is 3.79. The summed E-state index contributed by atoms with van der Waals surface area (Å²) in [4.78, 5) is 23.7. The average Bonchev–Trinajstić information content (AvgIpc) is 3.02. The summed E-state index contributed by atoms with van der Waals surface area (Å²) in [5, 5.41) is 11.8. The van der Waals surface area contributed by atoms with Gasteiger partial charge in [-0.1, -0.05) is 55.5 Å². The summed E-state index contributed by atoms with van der Waals surface area (Å²) in [6, 6.07) is 14.9. The first kappa shape index (κ1) is 19.9. The van der Waals surface area contributed by atoms with Crippen LogP contribution in [0.1, 0.15) is 37.3 Å². The Labute approximate surface area is 164 Å². The molecule has 1 aliphatic rings. The van der Waals surface area contributed by atoms with Crippen LogP contribution in [0.15, 0.2) is 48.5 Å². The molecule has 0 bridgehead atoms. The first-order valence-electron chi connectivity index (χ1n) is 9.48. The fourth-order valence-corrected chi connectivity index (χ4v) is 3.55. The van der Waals surface area contributed by atoms with Crippen LogP contribution in [0, 0.1) is 0 Å². The number of amides is 1. The lowest BCUT2D eigenvalue weighted by Crippen LogP contribution is -2.49. The molecule has 3 rings (SSSR count). The van der Waals surface area contributed by atoms with E-state index in [1.165, 1.54) is 0 Å². The number of carboxylic acid groups (broad SMARTS) is 1. The Balaban J connectivity index is 1.67. The van der Waals surface area contributed by atoms with Crippen LogP contribution in [-0.4, -0.2) is 42.5 Å². The maximum atomic E-state index is 12.3. The molecule has 0 spiro atoms. The quantitative estimate of drug-likeness (QED) is 0.724. The number of rotatable bonds is 8. The number of benzene rings is 2. The van der Waals surface area contributed by atoms with E-state index in [0.717, 1.165) is 28.7 Å². The minimum Gasteiger partial charge on any atom is -0.480 e. The SMILES string of the molecule is CCCO[C@@H](C)[C@H](NC(=O)OCC1c2ccccc2-c2ccccc21)C(=O)O. The lowest BCUT2D eigenvalue weighted by Gasteiger charge is -2.22. The van der Waals surface area contributed by atoms with Crippen molar-refractivity contribution >= 4 is 12.1 Å². The van der Waals surface area contributed by atoms with Gasteiger partial charge < -0.3 is 19.9 Å². The molecule has 148 valence electrons. The third-order valence-corrected chi connectivity index (χ3v) is 4.94. The molecular formula is C22H25NO5. The zero-order valence-electron chi connectivity index (χ0n) is 16.1. The molecule has 2 aromatic rings. The lowest BCUT2D eigenvalue weighted by molar-refractivity contribution is -0.143. The van der Waals surface area contributed by atoms with E-state index in [2.05, 4.69) is 17.4 Å². The number of aliphatic carboxylic acids is 1. The summed E-state index contributed by atoms with van der Waals surface area (Å²) in [6.45, 7) is 4.12. The van der Waals surface area contributed by atoms with Crippen LogP contribution in [0.3, 0.4) is 0 Å². The van der Waals surface area contributed by atoms with Gasteiger partial charge in [-0.2, -0.15) is 0 Å². The molecule has 0 saturated carbocycles. The van der Waals surface area contributed by atoms with Gasteiger partial charge in [0.2, 0.25) is 0 Å². The summed E-state index contributed by atoms with van der Waals surface area (Å²) >= 11 is 0. The van der Waals surface area contributed by atoms with Crippen LogP contribution < -0.4 is 5.32 Å². The van der Waals surface area contributed by atoms with Crippen LogP contribution in [-0.2, 0) is 14.3 Å². The van der Waals surface area contributed by atoms with E-state index in [1.54, 1.807) is 6.92 Å². The second-order valence-electron chi connectivity index (χ2n) is 6.86. The van der Waals surface area contributed by atoms with Gasteiger partial charge in [-0.05, 0) is 35.6 Å². The van der Waals surface area contributed by atoms with Crippen LogP contribution in [0.5, 0.6) is 0 Å². The van der Waals surface area contributed by atoms with Crippen LogP contribution >= 0.6 is 0 Å². The number of carboxylic acids is 1. The third-order valence-electron chi connectivity index (χ3n) is 4.94. The Bertz CT molecular complexity index is 805. The zero-order valence-corrected chi connectivity index (χ0v) is 16.1. The number of nitrogens with one attached hydrogen (secondary N) is 1. The van der Waals surface area contributed by atoms with Crippen molar-refractivity contribution in [1.29, 1.82) is 0 Å². The molecule has 0 aromatic heterocycles. The van der Waals surface area contributed by atoms with E-state index in [-0.39, 0.29) is 12.5 Å². The number of carbonyl (C=O) groups excluding carboxylic acids is 1. The first-order valence-corrected chi connectivity index (χ1v) is 9.48. The highest BCUT2D eigenvalue weighted by Gasteiger charge is 2.31. The highest BCUT2D eigenvalue weighted by atomic mass is 16.6. The summed E-state index contributed by atoms with van der Waals surface area (Å²) in [5.74, 6) is -1.23. The maximum absolute atomic E-state index is 12.3. The molecule has 0 fully saturated rings. The number of carbonyl (C=O) groups is 2. The highest BCUT2D eigenvalue weighted by molar-refractivity contribution is 5.81. The number of hydrogen-bond donors (Lipinski definition) is 2. The van der Waals surface area contributed by atoms with Crippen LogP contribution in [0.2, 0.25) is 0 Å². The monoisotopic (exact) mass is 383 g/mol. The molecule has 2 N–H and O–H groups in total. The maximum Gasteiger partial charge on any atom is 0.407 e. The van der Waals surface area contributed by atoms with Gasteiger partial charge in [0.1, 0.15) is 6.61 Å². The molecular weight excluding hydrogens is 358 g/mol. The van der Waals surface area contributed by atoms with Crippen molar-refractivity contribution in [3.8, 4) is 11.1 Å². The van der Waals surface area contributed by atoms with Gasteiger partial charge in [0.25, 0.3) is 0 Å². The van der Waals surface area contributed by atoms with Crippen molar-refractivity contribution in [2.24, 2.45) is 0 Å². The summed E-state index contributed by atoms with van der Waals surface area (Å²) in [6.07, 6.45) is -0.652. The average molecular weight is 383 g/mol. The Hall–Kier alpha value is -2.86. The molecule has 0 saturated heterocycles. The van der Waals surface area contributed by atoms with Crippen molar-refractivity contribution in [3.63, 3.8) is 0 Å². The molecule has 2 atom stereocenters. The normalized spacial score (nSPS) is 14.6. The minimum atomic E-state index is -1.16. The van der Waals surface area contributed by atoms with Crippen molar-refractivity contribution in [1.82, 2.24) is 5.32 Å². The summed E-state index contributed by atoms with van der Waals surface area (Å²) < 4.78 is 10.8. The van der Waals surface area contributed by atoms with E-state index in [0.29, 0.717) is 6.61 Å². The van der Waals surface area contributed by atoms with Crippen molar-refractivity contribution in [2.45, 2.75) is 38.3 Å². The van der Waals surface area contributed by atoms with Gasteiger partial charge in [0, 0.05) is 12.5 Å². The second kappa shape index (κ2) is 8.89. The summed E-state index contributed by atoms with van der Waals surface area (Å²) in [7, 11) is 0. The van der Waals surface area contributed by atoms with Crippen molar-refractivity contribution in [3.05, 3.63) is 59.7 Å². The van der Waals surface area contributed by atoms with Crippen LogP contribution in [0.4, 0.5) is 4.79 Å². The third kappa shape index (κ3) is 4.17. The van der Waals surface area contributed by atoms with Gasteiger partial charge >= 0.3 is 12.1 Å². The highest BCUT2D eigenvalue weighted by Crippen LogP contribution is 2.44. The topological polar surface area (TPSA) is 84.9 Å². The molecule has 2 aromatic carbocycles. The van der Waals surface area contributed by atoms with E-state index in [1.807, 2.05) is 43.3 Å². The Morgan fingerprint density at radius 3 is 2.18 bits per heavy atom. The van der Waals surface area contributed by atoms with Crippen molar-refractivity contribution in [2.75, 3.05) is 13.2 Å². The van der Waals surface area contributed by atoms with E-state index in [4.69, 9.17) is 9.47 Å². The van der Waals surface area contributed by atoms with Gasteiger partial charge in [-0.15, -0.1) is 0 Å². The summed E-state index contributed by atoms with van der Waals surface area (Å²) in [5.41, 5.74) is 4.48. The smallest absolute Gasteiger partial charge is 0.407 e. The number of alkyl carbamates (subject to hydrolysis) is 1.